The van der Waals surface area contributed by atoms with E-state index in [1.807, 2.05) is 0 Å². The molecule has 1 aliphatic carbocycles. The fraction of sp³-hybridized carbons (Fsp3) is 1.00. The number of quaternary nitrogens is 1. The zero-order chi connectivity index (χ0) is 11.8. The highest BCUT2D eigenvalue weighted by molar-refractivity contribution is 4.85. The third-order valence-corrected chi connectivity index (χ3v) is 5.60. The fourth-order valence-corrected chi connectivity index (χ4v) is 4.30. The maximum Gasteiger partial charge on any atom is 0.142 e. The topological polar surface area (TPSA) is 19.9 Å². The molecule has 0 aromatic carbocycles. The van der Waals surface area contributed by atoms with Crippen molar-refractivity contribution < 1.29 is 5.32 Å². The van der Waals surface area contributed by atoms with Gasteiger partial charge in [0.05, 0.1) is 6.54 Å². The zero-order valence-corrected chi connectivity index (χ0v) is 11.6. The smallest absolute Gasteiger partial charge is 0.142 e. The third-order valence-electron chi connectivity index (χ3n) is 5.60. The molecule has 2 nitrogen and oxygen atoms in total. The number of nitrogens with zero attached hydrogens (tertiary/aromatic N) is 1. The second kappa shape index (κ2) is 4.89. The Hall–Kier alpha value is -0.0800. The van der Waals surface area contributed by atoms with E-state index in [4.69, 9.17) is 0 Å². The van der Waals surface area contributed by atoms with Crippen molar-refractivity contribution in [1.82, 2.24) is 4.90 Å². The number of nitrogens with two attached hydrogens (primary N) is 1. The lowest BCUT2D eigenvalue weighted by atomic mass is 9.79. The molecule has 2 N–H and O–H groups in total. The third kappa shape index (κ3) is 2.53. The monoisotopic (exact) mass is 237 g/mol. The van der Waals surface area contributed by atoms with Gasteiger partial charge in [-0.2, -0.15) is 0 Å². The zero-order valence-electron chi connectivity index (χ0n) is 11.6. The van der Waals surface area contributed by atoms with Crippen LogP contribution in [0.5, 0.6) is 0 Å². The van der Waals surface area contributed by atoms with Gasteiger partial charge < -0.3 is 5.32 Å². The molecule has 1 saturated carbocycles. The summed E-state index contributed by atoms with van der Waals surface area (Å²) in [7, 11) is 0. The molecule has 3 fully saturated rings. The van der Waals surface area contributed by atoms with Crippen molar-refractivity contribution in [1.29, 1.82) is 0 Å². The minimum Gasteiger partial charge on any atom is -0.328 e. The molecular formula is C15H29N2+. The van der Waals surface area contributed by atoms with Crippen LogP contribution in [0.2, 0.25) is 0 Å². The van der Waals surface area contributed by atoms with Crippen molar-refractivity contribution in [3.05, 3.63) is 0 Å². The second-order valence-corrected chi connectivity index (χ2v) is 7.07. The predicted octanol–water partition coefficient (Wildman–Crippen LogP) is 1.82. The number of hydrogen-bond acceptors (Lipinski definition) is 1. The van der Waals surface area contributed by atoms with Gasteiger partial charge in [-0.3, -0.25) is 0 Å². The van der Waals surface area contributed by atoms with Crippen LogP contribution in [0.1, 0.15) is 52.4 Å². The van der Waals surface area contributed by atoms with Crippen LogP contribution in [-0.4, -0.2) is 30.2 Å². The number of hydrogen-bond donors (Lipinski definition) is 1. The van der Waals surface area contributed by atoms with Crippen LogP contribution in [0.4, 0.5) is 0 Å². The van der Waals surface area contributed by atoms with Crippen molar-refractivity contribution in [2.45, 2.75) is 64.6 Å². The van der Waals surface area contributed by atoms with Crippen LogP contribution in [0.3, 0.4) is 0 Å². The summed E-state index contributed by atoms with van der Waals surface area (Å²) in [6.45, 7) is 7.61. The standard InChI is InChI=1S/C15H28N2/c1-11-3-5-13(6-4-11)14-10-17-8-7-12(2)9-15(17)16-14/h11-16H,3-10H2,1-2H3/p+1. The van der Waals surface area contributed by atoms with Crippen LogP contribution in [0.25, 0.3) is 0 Å². The van der Waals surface area contributed by atoms with E-state index in [0.29, 0.717) is 0 Å². The maximum absolute atomic E-state index is 2.77. The summed E-state index contributed by atoms with van der Waals surface area (Å²) in [6, 6.07) is 0.929. The summed E-state index contributed by atoms with van der Waals surface area (Å²) in [6.07, 6.45) is 9.66. The van der Waals surface area contributed by atoms with Crippen LogP contribution in [0.15, 0.2) is 0 Å². The van der Waals surface area contributed by atoms with E-state index in [1.165, 1.54) is 51.6 Å². The molecule has 3 unspecified atom stereocenters. The van der Waals surface area contributed by atoms with Gasteiger partial charge >= 0.3 is 0 Å². The first-order chi connectivity index (χ1) is 8.22. The Morgan fingerprint density at radius 3 is 2.47 bits per heavy atom. The average Bonchev–Trinajstić information content (AvgIpc) is 2.72. The van der Waals surface area contributed by atoms with Gasteiger partial charge in [0, 0.05) is 18.9 Å². The van der Waals surface area contributed by atoms with Gasteiger partial charge in [-0.25, -0.2) is 4.90 Å². The molecule has 3 rings (SSSR count). The molecule has 0 spiro atoms. The molecular weight excluding hydrogens is 208 g/mol. The first kappa shape index (κ1) is 12.0. The Morgan fingerprint density at radius 2 is 1.71 bits per heavy atom. The molecule has 98 valence electrons. The van der Waals surface area contributed by atoms with Gasteiger partial charge in [-0.05, 0) is 31.1 Å². The molecule has 0 aromatic heterocycles. The molecule has 0 radical (unpaired) electrons. The van der Waals surface area contributed by atoms with E-state index in [1.54, 1.807) is 0 Å². The molecule has 2 heteroatoms. The van der Waals surface area contributed by atoms with Crippen LogP contribution >= 0.6 is 0 Å². The summed E-state index contributed by atoms with van der Waals surface area (Å²) in [4.78, 5) is 2.77. The first-order valence-corrected chi connectivity index (χ1v) is 7.81. The molecule has 3 atom stereocenters. The minimum atomic E-state index is 0.836. The van der Waals surface area contributed by atoms with Gasteiger partial charge in [0.2, 0.25) is 0 Å². The van der Waals surface area contributed by atoms with E-state index in [-0.39, 0.29) is 0 Å². The lowest BCUT2D eigenvalue weighted by molar-refractivity contribution is -0.717. The molecule has 0 bridgehead atoms. The average molecular weight is 237 g/mol. The van der Waals surface area contributed by atoms with E-state index in [2.05, 4.69) is 24.1 Å². The highest BCUT2D eigenvalue weighted by Crippen LogP contribution is 2.32. The van der Waals surface area contributed by atoms with Gasteiger partial charge in [-0.1, -0.05) is 26.7 Å². The Bertz CT molecular complexity index is 258. The molecule has 2 saturated heterocycles. The Balaban J connectivity index is 1.56. The van der Waals surface area contributed by atoms with E-state index >= 15 is 0 Å². The fourth-order valence-electron chi connectivity index (χ4n) is 4.30. The lowest BCUT2D eigenvalue weighted by Crippen LogP contribution is -2.94. The summed E-state index contributed by atoms with van der Waals surface area (Å²) >= 11 is 0. The van der Waals surface area contributed by atoms with Gasteiger partial charge in [-0.15, -0.1) is 0 Å². The largest absolute Gasteiger partial charge is 0.328 e. The summed E-state index contributed by atoms with van der Waals surface area (Å²) in [5.74, 6) is 2.97. The van der Waals surface area contributed by atoms with E-state index in [0.717, 1.165) is 30.0 Å². The lowest BCUT2D eigenvalue weighted by Gasteiger charge is -2.29. The van der Waals surface area contributed by atoms with Gasteiger partial charge in [0.1, 0.15) is 12.2 Å². The second-order valence-electron chi connectivity index (χ2n) is 7.07. The Labute approximate surface area is 106 Å². The van der Waals surface area contributed by atoms with Crippen molar-refractivity contribution in [2.75, 3.05) is 13.1 Å². The Kier molecular flexibility index (Phi) is 3.45. The molecule has 3 aliphatic rings. The maximum atomic E-state index is 2.77. The number of rotatable bonds is 1. The quantitative estimate of drug-likeness (QED) is 0.737. The van der Waals surface area contributed by atoms with Gasteiger partial charge in [0.25, 0.3) is 0 Å². The molecule has 0 amide bonds. The molecule has 2 heterocycles. The number of fused-ring (bicyclic) bond motifs is 1. The highest BCUT2D eigenvalue weighted by atomic mass is 15.3. The molecule has 2 aliphatic heterocycles. The predicted molar refractivity (Wildman–Crippen MR) is 70.6 cm³/mol. The minimum absolute atomic E-state index is 0.836. The van der Waals surface area contributed by atoms with Gasteiger partial charge in [0.15, 0.2) is 0 Å². The van der Waals surface area contributed by atoms with Crippen molar-refractivity contribution in [2.24, 2.45) is 17.8 Å². The van der Waals surface area contributed by atoms with Crippen LogP contribution in [-0.2, 0) is 0 Å². The first-order valence-electron chi connectivity index (χ1n) is 7.81. The molecule has 0 aromatic rings. The van der Waals surface area contributed by atoms with Crippen molar-refractivity contribution in [3.8, 4) is 0 Å². The highest BCUT2D eigenvalue weighted by Gasteiger charge is 2.42. The summed E-state index contributed by atoms with van der Waals surface area (Å²) in [5, 5.41) is 2.73. The SMILES string of the molecule is CC1CCC(C2CN3CCC(C)CC3[NH2+]2)CC1. The van der Waals surface area contributed by atoms with Crippen LogP contribution < -0.4 is 5.32 Å². The molecule has 17 heavy (non-hydrogen) atoms. The van der Waals surface area contributed by atoms with E-state index < -0.39 is 0 Å². The summed E-state index contributed by atoms with van der Waals surface area (Å²) in [5.41, 5.74) is 0. The van der Waals surface area contributed by atoms with Crippen molar-refractivity contribution >= 4 is 0 Å². The number of piperidine rings is 1. The normalized spacial score (nSPS) is 48.0. The van der Waals surface area contributed by atoms with Crippen LogP contribution in [0, 0.1) is 17.8 Å². The Morgan fingerprint density at radius 1 is 0.941 bits per heavy atom. The summed E-state index contributed by atoms with van der Waals surface area (Å²) < 4.78 is 0. The van der Waals surface area contributed by atoms with Crippen molar-refractivity contribution in [3.63, 3.8) is 0 Å². The van der Waals surface area contributed by atoms with E-state index in [9.17, 15) is 0 Å².